The van der Waals surface area contributed by atoms with Gasteiger partial charge in [0.2, 0.25) is 0 Å². The summed E-state index contributed by atoms with van der Waals surface area (Å²) in [5.74, 6) is 0. The lowest BCUT2D eigenvalue weighted by Crippen LogP contribution is -1.89. The fourth-order valence-electron chi connectivity index (χ4n) is 1.16. The van der Waals surface area contributed by atoms with Crippen LogP contribution < -0.4 is 0 Å². The van der Waals surface area contributed by atoms with E-state index >= 15 is 0 Å². The maximum Gasteiger partial charge on any atom is 0.0439 e. The zero-order valence-corrected chi connectivity index (χ0v) is 8.78. The van der Waals surface area contributed by atoms with Gasteiger partial charge in [0.25, 0.3) is 0 Å². The maximum absolute atomic E-state index is 8.61. The highest BCUT2D eigenvalue weighted by molar-refractivity contribution is 6.33. The molecule has 1 rings (SSSR count). The molecule has 1 aromatic carbocycles. The van der Waals surface area contributed by atoms with Crippen molar-refractivity contribution < 1.29 is 5.11 Å². The molecular formula is C10H12Cl2O. The van der Waals surface area contributed by atoms with Crippen LogP contribution in [0.1, 0.15) is 18.4 Å². The molecule has 0 aliphatic heterocycles. The fraction of sp³-hybridized carbons (Fsp3) is 0.400. The van der Waals surface area contributed by atoms with Gasteiger partial charge in [0.15, 0.2) is 0 Å². The van der Waals surface area contributed by atoms with Crippen LogP contribution in [0.4, 0.5) is 0 Å². The van der Waals surface area contributed by atoms with E-state index in [-0.39, 0.29) is 6.61 Å². The fourth-order valence-corrected chi connectivity index (χ4v) is 1.57. The summed E-state index contributed by atoms with van der Waals surface area (Å²) in [6, 6.07) is 5.46. The second-order valence-electron chi connectivity index (χ2n) is 2.92. The first-order valence-electron chi connectivity index (χ1n) is 4.29. The van der Waals surface area contributed by atoms with Crippen LogP contribution in [0.5, 0.6) is 0 Å². The predicted octanol–water partition coefficient (Wildman–Crippen LogP) is 3.31. The molecule has 0 aliphatic carbocycles. The molecule has 0 amide bonds. The second-order valence-corrected chi connectivity index (χ2v) is 3.76. The molecule has 1 nitrogen and oxygen atoms in total. The zero-order chi connectivity index (χ0) is 9.68. The minimum absolute atomic E-state index is 0.234. The van der Waals surface area contributed by atoms with Crippen LogP contribution in [0.25, 0.3) is 0 Å². The van der Waals surface area contributed by atoms with Gasteiger partial charge in [-0.05, 0) is 43.0 Å². The Morgan fingerprint density at radius 2 is 1.92 bits per heavy atom. The van der Waals surface area contributed by atoms with Gasteiger partial charge in [-0.1, -0.05) is 23.2 Å². The first-order valence-corrected chi connectivity index (χ1v) is 5.04. The summed E-state index contributed by atoms with van der Waals surface area (Å²) in [5.41, 5.74) is 1.06. The van der Waals surface area contributed by atoms with Gasteiger partial charge in [0, 0.05) is 16.7 Å². The topological polar surface area (TPSA) is 20.2 Å². The monoisotopic (exact) mass is 218 g/mol. The summed E-state index contributed by atoms with van der Waals surface area (Å²) in [5, 5.41) is 10.1. The molecule has 0 fully saturated rings. The first-order chi connectivity index (χ1) is 6.24. The molecule has 1 aromatic rings. The molecule has 0 spiro atoms. The lowest BCUT2D eigenvalue weighted by atomic mass is 10.1. The SMILES string of the molecule is OCCCCc1cc(Cl)ccc1Cl. The second kappa shape index (κ2) is 5.48. The molecule has 13 heavy (non-hydrogen) atoms. The van der Waals surface area contributed by atoms with E-state index in [0.717, 1.165) is 29.8 Å². The first kappa shape index (κ1) is 10.8. The van der Waals surface area contributed by atoms with Crippen LogP contribution in [-0.2, 0) is 6.42 Å². The standard InChI is InChI=1S/C10H12Cl2O/c11-9-4-5-10(12)8(7-9)3-1-2-6-13/h4-5,7,13H,1-3,6H2. The van der Waals surface area contributed by atoms with E-state index in [1.54, 1.807) is 12.1 Å². The minimum atomic E-state index is 0.234. The largest absolute Gasteiger partial charge is 0.396 e. The van der Waals surface area contributed by atoms with Gasteiger partial charge >= 0.3 is 0 Å². The highest BCUT2D eigenvalue weighted by Gasteiger charge is 2.00. The number of benzene rings is 1. The summed E-state index contributed by atoms with van der Waals surface area (Å²) in [6.07, 6.45) is 2.62. The van der Waals surface area contributed by atoms with E-state index in [1.165, 1.54) is 0 Å². The minimum Gasteiger partial charge on any atom is -0.396 e. The van der Waals surface area contributed by atoms with E-state index in [4.69, 9.17) is 28.3 Å². The number of aliphatic hydroxyl groups is 1. The average Bonchev–Trinajstić information content (AvgIpc) is 2.11. The molecule has 0 aromatic heterocycles. The molecule has 0 atom stereocenters. The number of hydrogen-bond acceptors (Lipinski definition) is 1. The van der Waals surface area contributed by atoms with Crippen LogP contribution in [0.3, 0.4) is 0 Å². The van der Waals surface area contributed by atoms with E-state index < -0.39 is 0 Å². The Morgan fingerprint density at radius 1 is 1.15 bits per heavy atom. The maximum atomic E-state index is 8.61. The number of unbranched alkanes of at least 4 members (excludes halogenated alkanes) is 1. The summed E-state index contributed by atoms with van der Waals surface area (Å²) in [6.45, 7) is 0.234. The third-order valence-corrected chi connectivity index (χ3v) is 2.47. The van der Waals surface area contributed by atoms with Gasteiger partial charge < -0.3 is 5.11 Å². The van der Waals surface area contributed by atoms with E-state index in [9.17, 15) is 0 Å². The number of aryl methyl sites for hydroxylation is 1. The molecule has 0 radical (unpaired) electrons. The summed E-state index contributed by atoms with van der Waals surface area (Å²) in [7, 11) is 0. The Balaban J connectivity index is 2.59. The third kappa shape index (κ3) is 3.55. The Morgan fingerprint density at radius 3 is 2.62 bits per heavy atom. The molecule has 0 saturated carbocycles. The quantitative estimate of drug-likeness (QED) is 0.770. The Hall–Kier alpha value is -0.240. The Bertz CT molecular complexity index is 274. The van der Waals surface area contributed by atoms with Gasteiger partial charge in [-0.25, -0.2) is 0 Å². The van der Waals surface area contributed by atoms with Gasteiger partial charge in [-0.3, -0.25) is 0 Å². The van der Waals surface area contributed by atoms with Crippen molar-refractivity contribution in [3.8, 4) is 0 Å². The van der Waals surface area contributed by atoms with Crippen molar-refractivity contribution in [2.24, 2.45) is 0 Å². The number of halogens is 2. The highest BCUT2D eigenvalue weighted by Crippen LogP contribution is 2.21. The lowest BCUT2D eigenvalue weighted by Gasteiger charge is -2.03. The van der Waals surface area contributed by atoms with Crippen molar-refractivity contribution in [2.75, 3.05) is 6.61 Å². The van der Waals surface area contributed by atoms with Crippen LogP contribution in [0, 0.1) is 0 Å². The molecule has 0 saturated heterocycles. The third-order valence-electron chi connectivity index (χ3n) is 1.86. The summed E-state index contributed by atoms with van der Waals surface area (Å²) >= 11 is 11.8. The Kier molecular flexibility index (Phi) is 4.57. The van der Waals surface area contributed by atoms with Gasteiger partial charge in [-0.15, -0.1) is 0 Å². The van der Waals surface area contributed by atoms with Crippen molar-refractivity contribution in [2.45, 2.75) is 19.3 Å². The van der Waals surface area contributed by atoms with Crippen LogP contribution in [0.2, 0.25) is 10.0 Å². The van der Waals surface area contributed by atoms with Crippen molar-refractivity contribution >= 4 is 23.2 Å². The highest BCUT2D eigenvalue weighted by atomic mass is 35.5. The van der Waals surface area contributed by atoms with Gasteiger partial charge in [0.1, 0.15) is 0 Å². The van der Waals surface area contributed by atoms with E-state index in [2.05, 4.69) is 0 Å². The van der Waals surface area contributed by atoms with Crippen molar-refractivity contribution in [3.05, 3.63) is 33.8 Å². The lowest BCUT2D eigenvalue weighted by molar-refractivity contribution is 0.284. The number of rotatable bonds is 4. The van der Waals surface area contributed by atoms with Crippen LogP contribution in [0.15, 0.2) is 18.2 Å². The number of aliphatic hydroxyl groups excluding tert-OH is 1. The molecule has 0 heterocycles. The number of hydrogen-bond donors (Lipinski definition) is 1. The molecule has 3 heteroatoms. The molecule has 72 valence electrons. The molecule has 0 aliphatic rings. The normalized spacial score (nSPS) is 10.4. The summed E-state index contributed by atoms with van der Waals surface area (Å²) < 4.78 is 0. The molecular weight excluding hydrogens is 207 g/mol. The molecule has 0 bridgehead atoms. The van der Waals surface area contributed by atoms with Crippen LogP contribution >= 0.6 is 23.2 Å². The predicted molar refractivity (Wildman–Crippen MR) is 56.5 cm³/mol. The van der Waals surface area contributed by atoms with Crippen LogP contribution in [-0.4, -0.2) is 11.7 Å². The van der Waals surface area contributed by atoms with Crippen molar-refractivity contribution in [1.29, 1.82) is 0 Å². The van der Waals surface area contributed by atoms with E-state index in [1.807, 2.05) is 6.07 Å². The smallest absolute Gasteiger partial charge is 0.0439 e. The van der Waals surface area contributed by atoms with E-state index in [0.29, 0.717) is 5.02 Å². The Labute approximate surface area is 88.3 Å². The molecule has 1 N–H and O–H groups in total. The van der Waals surface area contributed by atoms with Gasteiger partial charge in [-0.2, -0.15) is 0 Å². The van der Waals surface area contributed by atoms with Crippen molar-refractivity contribution in [3.63, 3.8) is 0 Å². The zero-order valence-electron chi connectivity index (χ0n) is 7.26. The summed E-state index contributed by atoms with van der Waals surface area (Å²) in [4.78, 5) is 0. The van der Waals surface area contributed by atoms with Gasteiger partial charge in [0.05, 0.1) is 0 Å². The average molecular weight is 219 g/mol. The van der Waals surface area contributed by atoms with Crippen molar-refractivity contribution in [1.82, 2.24) is 0 Å². The molecule has 0 unspecified atom stereocenters.